The molecule has 1 amide bonds. The van der Waals surface area contributed by atoms with E-state index in [2.05, 4.69) is 12.2 Å². The van der Waals surface area contributed by atoms with E-state index in [0.29, 0.717) is 32.0 Å². The summed E-state index contributed by atoms with van der Waals surface area (Å²) in [5, 5.41) is 3.07. The number of ether oxygens (including phenoxy) is 1. The van der Waals surface area contributed by atoms with Gasteiger partial charge in [0.2, 0.25) is 5.91 Å². The topological polar surface area (TPSA) is 64.4 Å². The number of rotatable bonds is 3. The summed E-state index contributed by atoms with van der Waals surface area (Å²) in [5.41, 5.74) is 5.46. The number of nitrogens with two attached hydrogens (primary N) is 1. The first kappa shape index (κ1) is 16.7. The Morgan fingerprint density at radius 1 is 1.32 bits per heavy atom. The average molecular weight is 291 g/mol. The molecule has 0 spiro atoms. The number of hydrogen-bond donors (Lipinski definition) is 2. The quantitative estimate of drug-likeness (QED) is 0.834. The Labute approximate surface area is 122 Å². The highest BCUT2D eigenvalue weighted by molar-refractivity contribution is 5.86. The number of halogens is 1. The highest BCUT2D eigenvalue weighted by Gasteiger charge is 2.36. The molecule has 2 unspecified atom stereocenters. The summed E-state index contributed by atoms with van der Waals surface area (Å²) in [6.07, 6.45) is 6.44. The normalized spacial score (nSPS) is 30.2. The molecule has 1 saturated heterocycles. The summed E-state index contributed by atoms with van der Waals surface area (Å²) in [6, 6.07) is 0. The van der Waals surface area contributed by atoms with E-state index in [1.165, 1.54) is 25.7 Å². The second-order valence-corrected chi connectivity index (χ2v) is 6.00. The number of carbonyl (C=O) groups is 1. The Balaban J connectivity index is 0.00000180. The van der Waals surface area contributed by atoms with Crippen molar-refractivity contribution in [2.24, 2.45) is 17.6 Å². The van der Waals surface area contributed by atoms with Crippen LogP contribution in [0.15, 0.2) is 0 Å². The molecule has 1 aliphatic heterocycles. The minimum atomic E-state index is -0.698. The molecule has 0 bridgehead atoms. The van der Waals surface area contributed by atoms with Crippen molar-refractivity contribution in [3.63, 3.8) is 0 Å². The van der Waals surface area contributed by atoms with Gasteiger partial charge in [-0.25, -0.2) is 0 Å². The van der Waals surface area contributed by atoms with Gasteiger partial charge in [0.15, 0.2) is 0 Å². The first-order valence-corrected chi connectivity index (χ1v) is 7.27. The van der Waals surface area contributed by atoms with E-state index >= 15 is 0 Å². The van der Waals surface area contributed by atoms with E-state index in [4.69, 9.17) is 10.5 Å². The van der Waals surface area contributed by atoms with Crippen molar-refractivity contribution >= 4 is 18.3 Å². The van der Waals surface area contributed by atoms with Crippen LogP contribution in [0.4, 0.5) is 0 Å². The van der Waals surface area contributed by atoms with Gasteiger partial charge in [-0.15, -0.1) is 12.4 Å². The summed E-state index contributed by atoms with van der Waals surface area (Å²) in [7, 11) is 0. The Hall–Kier alpha value is -0.320. The van der Waals surface area contributed by atoms with Crippen LogP contribution in [0.2, 0.25) is 0 Å². The first-order valence-electron chi connectivity index (χ1n) is 7.27. The van der Waals surface area contributed by atoms with Crippen molar-refractivity contribution in [3.8, 4) is 0 Å². The molecule has 5 heteroatoms. The van der Waals surface area contributed by atoms with E-state index in [0.717, 1.165) is 12.5 Å². The summed E-state index contributed by atoms with van der Waals surface area (Å²) >= 11 is 0. The molecule has 3 N–H and O–H groups in total. The second kappa shape index (κ2) is 7.46. The lowest BCUT2D eigenvalue weighted by atomic mass is 9.80. The highest BCUT2D eigenvalue weighted by atomic mass is 35.5. The van der Waals surface area contributed by atoms with Crippen LogP contribution in [0, 0.1) is 11.8 Å². The Kier molecular flexibility index (Phi) is 6.57. The third-order valence-corrected chi connectivity index (χ3v) is 4.65. The third kappa shape index (κ3) is 4.33. The van der Waals surface area contributed by atoms with Crippen LogP contribution in [0.5, 0.6) is 0 Å². The van der Waals surface area contributed by atoms with Gasteiger partial charge in [0.1, 0.15) is 0 Å². The maximum absolute atomic E-state index is 12.2. The molecule has 4 nitrogen and oxygen atoms in total. The third-order valence-electron chi connectivity index (χ3n) is 4.65. The van der Waals surface area contributed by atoms with Crippen LogP contribution in [0.3, 0.4) is 0 Å². The minimum absolute atomic E-state index is 0. The zero-order valence-electron chi connectivity index (χ0n) is 11.8. The fourth-order valence-corrected chi connectivity index (χ4v) is 3.06. The molecule has 0 aromatic carbocycles. The van der Waals surface area contributed by atoms with Gasteiger partial charge >= 0.3 is 0 Å². The lowest BCUT2D eigenvalue weighted by Crippen LogP contribution is -2.57. The second-order valence-electron chi connectivity index (χ2n) is 6.00. The summed E-state index contributed by atoms with van der Waals surface area (Å²) in [4.78, 5) is 12.2. The first-order chi connectivity index (χ1) is 8.62. The number of hydrogen-bond acceptors (Lipinski definition) is 3. The fraction of sp³-hybridized carbons (Fsp3) is 0.929. The predicted octanol–water partition coefficient (Wildman–Crippen LogP) is 1.86. The van der Waals surface area contributed by atoms with E-state index in [9.17, 15) is 4.79 Å². The van der Waals surface area contributed by atoms with Crippen LogP contribution in [0.1, 0.15) is 45.4 Å². The van der Waals surface area contributed by atoms with E-state index in [1.807, 2.05) is 0 Å². The molecule has 2 rings (SSSR count). The maximum Gasteiger partial charge on any atom is 0.240 e. The molecule has 1 aliphatic carbocycles. The Bertz CT molecular complexity index is 293. The average Bonchev–Trinajstić information content (AvgIpc) is 2.38. The highest BCUT2D eigenvalue weighted by Crippen LogP contribution is 2.29. The molecule has 2 fully saturated rings. The Morgan fingerprint density at radius 2 is 1.95 bits per heavy atom. The lowest BCUT2D eigenvalue weighted by molar-refractivity contribution is -0.130. The van der Waals surface area contributed by atoms with E-state index in [1.54, 1.807) is 0 Å². The van der Waals surface area contributed by atoms with Crippen molar-refractivity contribution in [1.82, 2.24) is 5.32 Å². The Morgan fingerprint density at radius 3 is 2.58 bits per heavy atom. The number of carbonyl (C=O) groups excluding carboxylic acids is 1. The van der Waals surface area contributed by atoms with Gasteiger partial charge in [0.05, 0.1) is 5.54 Å². The monoisotopic (exact) mass is 290 g/mol. The molecule has 1 saturated carbocycles. The predicted molar refractivity (Wildman–Crippen MR) is 78.4 cm³/mol. The number of nitrogens with one attached hydrogen (secondary N) is 1. The van der Waals surface area contributed by atoms with Crippen LogP contribution in [-0.2, 0) is 9.53 Å². The van der Waals surface area contributed by atoms with Gasteiger partial charge in [-0.3, -0.25) is 4.79 Å². The van der Waals surface area contributed by atoms with Crippen molar-refractivity contribution in [2.75, 3.05) is 19.8 Å². The lowest BCUT2D eigenvalue weighted by Gasteiger charge is -2.34. The maximum atomic E-state index is 12.2. The molecule has 112 valence electrons. The molecular weight excluding hydrogens is 264 g/mol. The zero-order valence-corrected chi connectivity index (χ0v) is 12.6. The van der Waals surface area contributed by atoms with Crippen LogP contribution in [0.25, 0.3) is 0 Å². The SMILES string of the molecule is CC1CCCCC1CNC(=O)C1(N)CCOCC1.Cl. The van der Waals surface area contributed by atoms with Gasteiger partial charge in [0.25, 0.3) is 0 Å². The van der Waals surface area contributed by atoms with Crippen molar-refractivity contribution in [2.45, 2.75) is 51.0 Å². The van der Waals surface area contributed by atoms with Gasteiger partial charge in [-0.1, -0.05) is 26.2 Å². The molecule has 2 aliphatic rings. The van der Waals surface area contributed by atoms with Gasteiger partial charge < -0.3 is 15.8 Å². The molecule has 19 heavy (non-hydrogen) atoms. The van der Waals surface area contributed by atoms with Crippen LogP contribution < -0.4 is 11.1 Å². The molecule has 2 atom stereocenters. The van der Waals surface area contributed by atoms with Gasteiger partial charge in [-0.05, 0) is 31.1 Å². The van der Waals surface area contributed by atoms with Gasteiger partial charge in [-0.2, -0.15) is 0 Å². The standard InChI is InChI=1S/C14H26N2O2.ClH/c1-11-4-2-3-5-12(11)10-16-13(17)14(15)6-8-18-9-7-14;/h11-12H,2-10,15H2,1H3,(H,16,17);1H. The minimum Gasteiger partial charge on any atom is -0.381 e. The van der Waals surface area contributed by atoms with Crippen molar-refractivity contribution in [1.29, 1.82) is 0 Å². The molecule has 0 aromatic rings. The molecule has 1 heterocycles. The van der Waals surface area contributed by atoms with Crippen LogP contribution >= 0.6 is 12.4 Å². The summed E-state index contributed by atoms with van der Waals surface area (Å²) in [5.74, 6) is 1.37. The van der Waals surface area contributed by atoms with Crippen LogP contribution in [-0.4, -0.2) is 31.2 Å². The molecule has 0 aromatic heterocycles. The smallest absolute Gasteiger partial charge is 0.240 e. The molecular formula is C14H27ClN2O2. The summed E-state index contributed by atoms with van der Waals surface area (Å²) < 4.78 is 5.27. The fourth-order valence-electron chi connectivity index (χ4n) is 3.06. The van der Waals surface area contributed by atoms with Crippen molar-refractivity contribution < 1.29 is 9.53 Å². The van der Waals surface area contributed by atoms with Crippen molar-refractivity contribution in [3.05, 3.63) is 0 Å². The summed E-state index contributed by atoms with van der Waals surface area (Å²) in [6.45, 7) is 4.29. The van der Waals surface area contributed by atoms with E-state index in [-0.39, 0.29) is 18.3 Å². The zero-order chi connectivity index (χ0) is 13.0. The largest absolute Gasteiger partial charge is 0.381 e. The van der Waals surface area contributed by atoms with E-state index < -0.39 is 5.54 Å². The molecule has 0 radical (unpaired) electrons. The number of amides is 1. The van der Waals surface area contributed by atoms with Gasteiger partial charge in [0, 0.05) is 19.8 Å².